The molecule has 0 fully saturated rings. The maximum absolute atomic E-state index is 4.04. The first-order valence-electron chi connectivity index (χ1n) is 4.56. The number of thiol groups is 1. The molecule has 0 radical (unpaired) electrons. The van der Waals surface area contributed by atoms with Gasteiger partial charge in [0.2, 0.25) is 0 Å². The predicted octanol–water partition coefficient (Wildman–Crippen LogP) is 3.45. The standard InChI is InChI=1S/C12H19NS/c1-9(2)12(13-5)8-11(4)10(3)6-7-14/h6-8,13-14H,1H2,2-5H3/b7-6-,11-10+,12-8-. The highest BCUT2D eigenvalue weighted by Gasteiger charge is 1.96. The Kier molecular flexibility index (Phi) is 6.13. The van der Waals surface area contributed by atoms with Crippen molar-refractivity contribution >= 4 is 12.6 Å². The van der Waals surface area contributed by atoms with Crippen LogP contribution in [0, 0.1) is 0 Å². The summed E-state index contributed by atoms with van der Waals surface area (Å²) in [4.78, 5) is 0. The smallest absolute Gasteiger partial charge is 0.0364 e. The van der Waals surface area contributed by atoms with Crippen LogP contribution in [0.2, 0.25) is 0 Å². The third kappa shape index (κ3) is 4.38. The molecule has 0 spiro atoms. The average Bonchev–Trinajstić information content (AvgIpc) is 2.13. The molecule has 1 N–H and O–H groups in total. The molecule has 0 bridgehead atoms. The summed E-state index contributed by atoms with van der Waals surface area (Å²) in [5, 5.41) is 4.86. The van der Waals surface area contributed by atoms with Crippen molar-refractivity contribution in [1.29, 1.82) is 0 Å². The van der Waals surface area contributed by atoms with E-state index in [0.717, 1.165) is 11.3 Å². The van der Waals surface area contributed by atoms with Crippen LogP contribution >= 0.6 is 12.6 Å². The third-order valence-corrected chi connectivity index (χ3v) is 2.19. The molecule has 0 aliphatic rings. The minimum absolute atomic E-state index is 1.04. The lowest BCUT2D eigenvalue weighted by Gasteiger charge is -2.07. The summed E-state index contributed by atoms with van der Waals surface area (Å²) in [7, 11) is 1.90. The molecular formula is C12H19NS. The normalized spacial score (nSPS) is 14.2. The van der Waals surface area contributed by atoms with Gasteiger partial charge in [-0.05, 0) is 49.0 Å². The van der Waals surface area contributed by atoms with Gasteiger partial charge in [0.15, 0.2) is 0 Å². The Morgan fingerprint density at radius 3 is 2.14 bits per heavy atom. The molecule has 0 aromatic heterocycles. The zero-order valence-electron chi connectivity index (χ0n) is 9.39. The fourth-order valence-corrected chi connectivity index (χ4v) is 1.21. The van der Waals surface area contributed by atoms with Gasteiger partial charge in [-0.1, -0.05) is 12.7 Å². The summed E-state index contributed by atoms with van der Waals surface area (Å²) in [5.41, 5.74) is 4.51. The van der Waals surface area contributed by atoms with Gasteiger partial charge in [0.1, 0.15) is 0 Å². The Labute approximate surface area is 92.7 Å². The molecule has 0 atom stereocenters. The molecule has 2 heteroatoms. The monoisotopic (exact) mass is 209 g/mol. The van der Waals surface area contributed by atoms with Crippen LogP contribution in [0.4, 0.5) is 0 Å². The van der Waals surface area contributed by atoms with Crippen molar-refractivity contribution in [1.82, 2.24) is 5.32 Å². The van der Waals surface area contributed by atoms with E-state index in [1.807, 2.05) is 20.0 Å². The van der Waals surface area contributed by atoms with Gasteiger partial charge in [-0.15, -0.1) is 0 Å². The number of hydrogen-bond donors (Lipinski definition) is 2. The molecule has 0 amide bonds. The van der Waals surface area contributed by atoms with Gasteiger partial charge in [-0.25, -0.2) is 0 Å². The van der Waals surface area contributed by atoms with E-state index in [1.54, 1.807) is 5.41 Å². The van der Waals surface area contributed by atoms with E-state index < -0.39 is 0 Å². The number of allylic oxidation sites excluding steroid dienone is 5. The van der Waals surface area contributed by atoms with Gasteiger partial charge in [0, 0.05) is 12.7 Å². The highest BCUT2D eigenvalue weighted by atomic mass is 32.1. The van der Waals surface area contributed by atoms with Crippen LogP contribution in [0.3, 0.4) is 0 Å². The number of nitrogens with one attached hydrogen (secondary N) is 1. The van der Waals surface area contributed by atoms with E-state index in [2.05, 4.69) is 44.4 Å². The van der Waals surface area contributed by atoms with Crippen molar-refractivity contribution in [2.75, 3.05) is 7.05 Å². The van der Waals surface area contributed by atoms with E-state index in [1.165, 1.54) is 11.1 Å². The van der Waals surface area contributed by atoms with Crippen molar-refractivity contribution in [3.63, 3.8) is 0 Å². The van der Waals surface area contributed by atoms with Crippen molar-refractivity contribution in [2.45, 2.75) is 20.8 Å². The molecule has 1 nitrogen and oxygen atoms in total. The molecule has 0 aliphatic carbocycles. The first-order chi connectivity index (χ1) is 6.52. The van der Waals surface area contributed by atoms with Crippen LogP contribution in [-0.2, 0) is 0 Å². The first kappa shape index (κ1) is 13.1. The molecule has 0 saturated carbocycles. The number of hydrogen-bond acceptors (Lipinski definition) is 2. The fraction of sp³-hybridized carbons (Fsp3) is 0.333. The second-order valence-corrected chi connectivity index (χ2v) is 3.57. The van der Waals surface area contributed by atoms with Crippen molar-refractivity contribution in [3.8, 4) is 0 Å². The Morgan fingerprint density at radius 1 is 1.21 bits per heavy atom. The van der Waals surface area contributed by atoms with Crippen molar-refractivity contribution in [2.24, 2.45) is 0 Å². The van der Waals surface area contributed by atoms with E-state index in [-0.39, 0.29) is 0 Å². The van der Waals surface area contributed by atoms with Gasteiger partial charge >= 0.3 is 0 Å². The summed E-state index contributed by atoms with van der Waals surface area (Å²) in [6.45, 7) is 10.0. The molecule has 0 rings (SSSR count). The van der Waals surface area contributed by atoms with Crippen molar-refractivity contribution in [3.05, 3.63) is 46.6 Å². The Bertz CT molecular complexity index is 295. The summed E-state index contributed by atoms with van der Waals surface area (Å²) in [5.74, 6) is 0. The Morgan fingerprint density at radius 2 is 1.79 bits per heavy atom. The van der Waals surface area contributed by atoms with Gasteiger partial charge in [0.05, 0.1) is 0 Å². The van der Waals surface area contributed by atoms with Crippen LogP contribution in [-0.4, -0.2) is 7.05 Å². The van der Waals surface area contributed by atoms with Crippen LogP contribution in [0.5, 0.6) is 0 Å². The van der Waals surface area contributed by atoms with Crippen molar-refractivity contribution < 1.29 is 0 Å². The zero-order chi connectivity index (χ0) is 11.1. The Hall–Kier alpha value is -0.890. The first-order valence-corrected chi connectivity index (χ1v) is 5.08. The quantitative estimate of drug-likeness (QED) is 0.534. The summed E-state index contributed by atoms with van der Waals surface area (Å²) in [6.07, 6.45) is 4.06. The van der Waals surface area contributed by atoms with Crippen LogP contribution < -0.4 is 5.32 Å². The SMILES string of the molecule is C=C(C)/C(=C/C(C)=C(C)/C=C\S)NC. The van der Waals surface area contributed by atoms with E-state index in [9.17, 15) is 0 Å². The summed E-state index contributed by atoms with van der Waals surface area (Å²) >= 11 is 4.04. The lowest BCUT2D eigenvalue weighted by molar-refractivity contribution is 0.996. The third-order valence-electron chi connectivity index (χ3n) is 2.04. The number of rotatable bonds is 4. The molecule has 14 heavy (non-hydrogen) atoms. The maximum Gasteiger partial charge on any atom is 0.0364 e. The number of likely N-dealkylation sites (N-methyl/N-ethyl adjacent to an activating group) is 1. The topological polar surface area (TPSA) is 12.0 Å². The van der Waals surface area contributed by atoms with Gasteiger partial charge in [0.25, 0.3) is 0 Å². The second-order valence-electron chi connectivity index (χ2n) is 3.27. The lowest BCUT2D eigenvalue weighted by Crippen LogP contribution is -2.06. The van der Waals surface area contributed by atoms with E-state index in [4.69, 9.17) is 0 Å². The molecule has 0 saturated heterocycles. The van der Waals surface area contributed by atoms with Crippen LogP contribution in [0.15, 0.2) is 46.6 Å². The molecule has 0 aromatic carbocycles. The van der Waals surface area contributed by atoms with Gasteiger partial charge in [-0.3, -0.25) is 0 Å². The average molecular weight is 209 g/mol. The van der Waals surface area contributed by atoms with Crippen LogP contribution in [0.25, 0.3) is 0 Å². The maximum atomic E-state index is 4.04. The molecule has 0 unspecified atom stereocenters. The van der Waals surface area contributed by atoms with E-state index >= 15 is 0 Å². The highest BCUT2D eigenvalue weighted by Crippen LogP contribution is 2.11. The van der Waals surface area contributed by atoms with Crippen LogP contribution in [0.1, 0.15) is 20.8 Å². The largest absolute Gasteiger partial charge is 0.388 e. The minimum atomic E-state index is 1.04. The van der Waals surface area contributed by atoms with Gasteiger partial charge < -0.3 is 5.32 Å². The molecule has 0 aromatic rings. The molecule has 0 aliphatic heterocycles. The predicted molar refractivity (Wildman–Crippen MR) is 68.5 cm³/mol. The fourth-order valence-electron chi connectivity index (χ4n) is 0.982. The molecule has 0 heterocycles. The highest BCUT2D eigenvalue weighted by molar-refractivity contribution is 7.83. The van der Waals surface area contributed by atoms with E-state index in [0.29, 0.717) is 0 Å². The summed E-state index contributed by atoms with van der Waals surface area (Å²) in [6, 6.07) is 0. The van der Waals surface area contributed by atoms with Gasteiger partial charge in [-0.2, -0.15) is 12.6 Å². The lowest BCUT2D eigenvalue weighted by atomic mass is 10.1. The zero-order valence-corrected chi connectivity index (χ0v) is 10.3. The Balaban J connectivity index is 4.95. The molecule has 78 valence electrons. The molecular weight excluding hydrogens is 190 g/mol. The minimum Gasteiger partial charge on any atom is -0.388 e. The second kappa shape index (κ2) is 6.55. The summed E-state index contributed by atoms with van der Waals surface area (Å²) < 4.78 is 0.